The van der Waals surface area contributed by atoms with Crippen molar-refractivity contribution in [3.8, 4) is 0 Å². The third-order valence-corrected chi connectivity index (χ3v) is 3.45. The van der Waals surface area contributed by atoms with Gasteiger partial charge < -0.3 is 15.3 Å². The summed E-state index contributed by atoms with van der Waals surface area (Å²) in [6.07, 6.45) is -7.02. The van der Waals surface area contributed by atoms with Crippen LogP contribution in [0.1, 0.15) is 17.5 Å². The number of alkyl halides is 3. The van der Waals surface area contributed by atoms with Crippen LogP contribution in [0.5, 0.6) is 0 Å². The molecule has 0 radical (unpaired) electrons. The molecule has 0 fully saturated rings. The van der Waals surface area contributed by atoms with Gasteiger partial charge >= 0.3 is 12.3 Å². The lowest BCUT2D eigenvalue weighted by atomic mass is 10.0. The first-order valence-electron chi connectivity index (χ1n) is 7.70. The maximum atomic E-state index is 12.9. The summed E-state index contributed by atoms with van der Waals surface area (Å²) < 4.78 is 43.6. The first kappa shape index (κ1) is 19.3. The molecule has 1 atom stereocenters. The van der Waals surface area contributed by atoms with Gasteiger partial charge in [0.2, 0.25) is 0 Å². The highest BCUT2D eigenvalue weighted by Crippen LogP contribution is 2.23. The zero-order chi connectivity index (χ0) is 19.0. The Morgan fingerprint density at radius 3 is 2.19 bits per heavy atom. The maximum Gasteiger partial charge on any atom is 0.408 e. The number of halogens is 3. The van der Waals surface area contributed by atoms with Gasteiger partial charge in [-0.15, -0.1) is 0 Å². The first-order valence-corrected chi connectivity index (χ1v) is 7.70. The van der Waals surface area contributed by atoms with Gasteiger partial charge in [0.25, 0.3) is 0 Å². The molecule has 0 spiro atoms. The predicted molar refractivity (Wildman–Crippen MR) is 89.0 cm³/mol. The van der Waals surface area contributed by atoms with Crippen molar-refractivity contribution in [2.45, 2.75) is 25.2 Å². The minimum Gasteiger partial charge on any atom is -0.445 e. The van der Waals surface area contributed by atoms with Gasteiger partial charge in [-0.2, -0.15) is 13.2 Å². The molecular formula is C18H17F3N2O3. The number of nitrogens with zero attached hydrogens (tertiary/aromatic N) is 1. The number of nitrogens with one attached hydrogen (secondary N) is 1. The fourth-order valence-electron chi connectivity index (χ4n) is 2.29. The zero-order valence-electron chi connectivity index (χ0n) is 13.6. The van der Waals surface area contributed by atoms with Gasteiger partial charge in [0.1, 0.15) is 12.3 Å². The highest BCUT2D eigenvalue weighted by Gasteiger charge is 2.36. The summed E-state index contributed by atoms with van der Waals surface area (Å²) in [7, 11) is 0. The molecule has 0 aliphatic carbocycles. The number of hydrogen-bond donors (Lipinski definition) is 2. The van der Waals surface area contributed by atoms with Crippen LogP contribution in [-0.4, -0.2) is 29.2 Å². The molecule has 0 aliphatic heterocycles. The molecule has 2 N–H and O–H groups in total. The van der Waals surface area contributed by atoms with E-state index < -0.39 is 24.7 Å². The Hall–Kier alpha value is -3.03. The molecular weight excluding hydrogens is 349 g/mol. The molecule has 0 saturated heterocycles. The van der Waals surface area contributed by atoms with Crippen molar-refractivity contribution in [1.82, 2.24) is 5.32 Å². The van der Waals surface area contributed by atoms with Gasteiger partial charge in [-0.05, 0) is 5.56 Å². The fourth-order valence-corrected chi connectivity index (χ4v) is 2.29. The molecule has 2 aromatic rings. The molecule has 2 rings (SSSR count). The number of benzene rings is 2. The van der Waals surface area contributed by atoms with Gasteiger partial charge in [-0.1, -0.05) is 65.8 Å². The number of amides is 1. The molecule has 1 amide bonds. The van der Waals surface area contributed by atoms with E-state index in [4.69, 9.17) is 4.74 Å². The van der Waals surface area contributed by atoms with Crippen molar-refractivity contribution in [1.29, 1.82) is 0 Å². The van der Waals surface area contributed by atoms with Crippen LogP contribution >= 0.6 is 0 Å². The summed E-state index contributed by atoms with van der Waals surface area (Å²) in [4.78, 5) is 11.9. The summed E-state index contributed by atoms with van der Waals surface area (Å²) in [5.41, 5.74) is 0.640. The minimum absolute atomic E-state index is 0.0949. The van der Waals surface area contributed by atoms with E-state index >= 15 is 0 Å². The fraction of sp³-hybridized carbons (Fsp3) is 0.222. The Morgan fingerprint density at radius 2 is 1.65 bits per heavy atom. The van der Waals surface area contributed by atoms with Crippen molar-refractivity contribution in [2.24, 2.45) is 5.16 Å². The summed E-state index contributed by atoms with van der Waals surface area (Å²) in [5, 5.41) is 14.3. The molecule has 138 valence electrons. The summed E-state index contributed by atoms with van der Waals surface area (Å²) in [5.74, 6) is 0. The molecule has 0 aromatic heterocycles. The van der Waals surface area contributed by atoms with E-state index in [0.29, 0.717) is 5.56 Å². The number of carbonyl (C=O) groups excluding carboxylic acids is 1. The highest BCUT2D eigenvalue weighted by atomic mass is 19.4. The largest absolute Gasteiger partial charge is 0.445 e. The Bertz CT molecular complexity index is 734. The highest BCUT2D eigenvalue weighted by molar-refractivity contribution is 6.05. The predicted octanol–water partition coefficient (Wildman–Crippen LogP) is 4.11. The van der Waals surface area contributed by atoms with Crippen molar-refractivity contribution >= 4 is 11.8 Å². The number of oxime groups is 1. The van der Waals surface area contributed by atoms with Crippen molar-refractivity contribution in [3.05, 3.63) is 71.8 Å². The van der Waals surface area contributed by atoms with E-state index in [0.717, 1.165) is 0 Å². The quantitative estimate of drug-likeness (QED) is 0.459. The first-order chi connectivity index (χ1) is 12.4. The smallest absolute Gasteiger partial charge is 0.408 e. The van der Waals surface area contributed by atoms with E-state index in [9.17, 15) is 23.2 Å². The third kappa shape index (κ3) is 6.12. The van der Waals surface area contributed by atoms with E-state index in [1.807, 2.05) is 0 Å². The summed E-state index contributed by atoms with van der Waals surface area (Å²) in [6, 6.07) is 14.9. The average molecular weight is 366 g/mol. The lowest BCUT2D eigenvalue weighted by Crippen LogP contribution is -2.44. The molecule has 2 aromatic carbocycles. The number of rotatable bonds is 6. The van der Waals surface area contributed by atoms with Crippen LogP contribution in [0.3, 0.4) is 0 Å². The zero-order valence-corrected chi connectivity index (χ0v) is 13.6. The normalized spacial score (nSPS) is 13.1. The number of alkyl carbamates (subject to hydrolysis) is 1. The average Bonchev–Trinajstić information content (AvgIpc) is 2.61. The molecule has 26 heavy (non-hydrogen) atoms. The second-order valence-corrected chi connectivity index (χ2v) is 5.43. The molecule has 1 unspecified atom stereocenters. The van der Waals surface area contributed by atoms with Crippen LogP contribution in [0.2, 0.25) is 0 Å². The van der Waals surface area contributed by atoms with E-state index in [-0.39, 0.29) is 17.9 Å². The van der Waals surface area contributed by atoms with Crippen LogP contribution in [0.4, 0.5) is 18.0 Å². The SMILES string of the molecule is O=C(NC(CC(F)(F)F)C(=NO)c1ccccc1)OCc1ccccc1. The van der Waals surface area contributed by atoms with Crippen molar-refractivity contribution in [3.63, 3.8) is 0 Å². The Labute approximate surface area is 148 Å². The van der Waals surface area contributed by atoms with E-state index in [1.54, 1.807) is 48.5 Å². The van der Waals surface area contributed by atoms with E-state index in [1.165, 1.54) is 12.1 Å². The van der Waals surface area contributed by atoms with Gasteiger partial charge in [-0.25, -0.2) is 4.79 Å². The molecule has 8 heteroatoms. The van der Waals surface area contributed by atoms with Gasteiger partial charge in [-0.3, -0.25) is 0 Å². The van der Waals surface area contributed by atoms with Gasteiger partial charge in [0.15, 0.2) is 0 Å². The van der Waals surface area contributed by atoms with E-state index in [2.05, 4.69) is 10.5 Å². The molecule has 5 nitrogen and oxygen atoms in total. The second kappa shape index (κ2) is 8.89. The Kier molecular flexibility index (Phi) is 6.60. The molecule has 0 heterocycles. The standard InChI is InChI=1S/C18H17F3N2O3/c19-18(20,21)11-15(16(23-25)14-9-5-2-6-10-14)22-17(24)26-12-13-7-3-1-4-8-13/h1-10,15,25H,11-12H2,(H,22,24). The van der Waals surface area contributed by atoms with Crippen LogP contribution in [0, 0.1) is 0 Å². The lowest BCUT2D eigenvalue weighted by Gasteiger charge is -2.21. The van der Waals surface area contributed by atoms with Crippen LogP contribution in [0.25, 0.3) is 0 Å². The molecule has 0 bridgehead atoms. The monoisotopic (exact) mass is 366 g/mol. The van der Waals surface area contributed by atoms with Gasteiger partial charge in [0, 0.05) is 5.56 Å². The molecule has 0 aliphatic rings. The second-order valence-electron chi connectivity index (χ2n) is 5.43. The topological polar surface area (TPSA) is 70.9 Å². The lowest BCUT2D eigenvalue weighted by molar-refractivity contribution is -0.136. The van der Waals surface area contributed by atoms with Crippen LogP contribution < -0.4 is 5.32 Å². The van der Waals surface area contributed by atoms with Crippen molar-refractivity contribution < 1.29 is 27.9 Å². The maximum absolute atomic E-state index is 12.9. The molecule has 0 saturated carbocycles. The van der Waals surface area contributed by atoms with Crippen molar-refractivity contribution in [2.75, 3.05) is 0 Å². The van der Waals surface area contributed by atoms with Crippen LogP contribution in [-0.2, 0) is 11.3 Å². The van der Waals surface area contributed by atoms with Gasteiger partial charge in [0.05, 0.1) is 12.5 Å². The number of carbonyl (C=O) groups is 1. The third-order valence-electron chi connectivity index (χ3n) is 3.45. The number of hydrogen-bond acceptors (Lipinski definition) is 4. The van der Waals surface area contributed by atoms with Crippen LogP contribution in [0.15, 0.2) is 65.8 Å². The summed E-state index contributed by atoms with van der Waals surface area (Å²) >= 11 is 0. The Morgan fingerprint density at radius 1 is 1.08 bits per heavy atom. The Balaban J connectivity index is 2.10. The number of ether oxygens (including phenoxy) is 1. The summed E-state index contributed by atoms with van der Waals surface area (Å²) in [6.45, 7) is -0.0949. The minimum atomic E-state index is -4.58.